The van der Waals surface area contributed by atoms with Gasteiger partial charge in [-0.2, -0.15) is 0 Å². The summed E-state index contributed by atoms with van der Waals surface area (Å²) in [5.41, 5.74) is 3.60. The van der Waals surface area contributed by atoms with E-state index in [0.29, 0.717) is 11.5 Å². The fraction of sp³-hybridized carbons (Fsp3) is 0.684. The summed E-state index contributed by atoms with van der Waals surface area (Å²) >= 11 is 0. The van der Waals surface area contributed by atoms with Crippen LogP contribution in [0.3, 0.4) is 0 Å². The van der Waals surface area contributed by atoms with Crippen molar-refractivity contribution in [3.63, 3.8) is 0 Å². The predicted molar refractivity (Wildman–Crippen MR) is 88.2 cm³/mol. The van der Waals surface area contributed by atoms with Crippen molar-refractivity contribution >= 4 is 0 Å². The highest BCUT2D eigenvalue weighted by Crippen LogP contribution is 2.39. The lowest BCUT2D eigenvalue weighted by atomic mass is 9.73. The van der Waals surface area contributed by atoms with Crippen molar-refractivity contribution in [2.24, 2.45) is 11.3 Å². The van der Waals surface area contributed by atoms with Crippen molar-refractivity contribution in [2.75, 3.05) is 7.05 Å². The van der Waals surface area contributed by atoms with Crippen LogP contribution in [-0.2, 0) is 6.42 Å². The van der Waals surface area contributed by atoms with Crippen LogP contribution in [-0.4, -0.2) is 13.1 Å². The van der Waals surface area contributed by atoms with Gasteiger partial charge in [0.05, 0.1) is 0 Å². The number of benzene rings is 1. The number of fused-ring (bicyclic) bond motifs is 1. The van der Waals surface area contributed by atoms with Crippen LogP contribution in [0.4, 0.5) is 0 Å². The number of hydrogen-bond donors (Lipinski definition) is 1. The van der Waals surface area contributed by atoms with Crippen molar-refractivity contribution in [2.45, 2.75) is 65.3 Å². The highest BCUT2D eigenvalue weighted by Gasteiger charge is 2.28. The molecule has 1 aliphatic rings. The van der Waals surface area contributed by atoms with Gasteiger partial charge in [0, 0.05) is 6.04 Å². The monoisotopic (exact) mass is 273 g/mol. The maximum Gasteiger partial charge on any atom is 0.00725 e. The first-order valence-corrected chi connectivity index (χ1v) is 8.14. The first kappa shape index (κ1) is 15.6. The third-order valence-electron chi connectivity index (χ3n) is 4.59. The molecule has 0 aromatic heterocycles. The Labute approximate surface area is 125 Å². The lowest BCUT2D eigenvalue weighted by molar-refractivity contribution is 0.268. The SMILES string of the molecule is CNC(CC(C)CC(C)(C)C)CC1Cc2ccccc21. The van der Waals surface area contributed by atoms with Gasteiger partial charge in [0.2, 0.25) is 0 Å². The molecule has 1 N–H and O–H groups in total. The Kier molecular flexibility index (Phi) is 4.90. The summed E-state index contributed by atoms with van der Waals surface area (Å²) in [6.07, 6.45) is 5.18. The standard InChI is InChI=1S/C19H31N/c1-14(13-19(2,3)4)10-17(20-5)12-16-11-15-8-6-7-9-18(15)16/h6-9,14,16-17,20H,10-13H2,1-5H3. The van der Waals surface area contributed by atoms with Crippen molar-refractivity contribution < 1.29 is 0 Å². The lowest BCUT2D eigenvalue weighted by Crippen LogP contribution is -2.32. The van der Waals surface area contributed by atoms with Crippen LogP contribution in [0.2, 0.25) is 0 Å². The van der Waals surface area contributed by atoms with E-state index in [9.17, 15) is 0 Å². The van der Waals surface area contributed by atoms with E-state index in [4.69, 9.17) is 0 Å². The molecule has 0 saturated heterocycles. The average Bonchev–Trinajstić information content (AvgIpc) is 2.32. The van der Waals surface area contributed by atoms with E-state index in [0.717, 1.165) is 11.8 Å². The van der Waals surface area contributed by atoms with E-state index in [1.807, 2.05) is 0 Å². The molecular weight excluding hydrogens is 242 g/mol. The third kappa shape index (κ3) is 4.09. The van der Waals surface area contributed by atoms with Crippen molar-refractivity contribution in [1.82, 2.24) is 5.32 Å². The zero-order valence-electron chi connectivity index (χ0n) is 13.9. The van der Waals surface area contributed by atoms with Crippen LogP contribution in [0.5, 0.6) is 0 Å². The van der Waals surface area contributed by atoms with E-state index in [1.54, 1.807) is 11.1 Å². The summed E-state index contributed by atoms with van der Waals surface area (Å²) in [5.74, 6) is 1.58. The van der Waals surface area contributed by atoms with Crippen molar-refractivity contribution in [1.29, 1.82) is 0 Å². The highest BCUT2D eigenvalue weighted by molar-refractivity contribution is 5.39. The van der Waals surface area contributed by atoms with Crippen molar-refractivity contribution in [3.05, 3.63) is 35.4 Å². The topological polar surface area (TPSA) is 12.0 Å². The summed E-state index contributed by atoms with van der Waals surface area (Å²) in [4.78, 5) is 0. The van der Waals surface area contributed by atoms with Gasteiger partial charge in [-0.25, -0.2) is 0 Å². The molecule has 1 heteroatoms. The van der Waals surface area contributed by atoms with Crippen LogP contribution < -0.4 is 5.32 Å². The largest absolute Gasteiger partial charge is 0.317 e. The Morgan fingerprint density at radius 1 is 1.25 bits per heavy atom. The molecule has 1 aliphatic carbocycles. The van der Waals surface area contributed by atoms with Gasteiger partial charge in [-0.1, -0.05) is 52.0 Å². The number of rotatable bonds is 6. The smallest absolute Gasteiger partial charge is 0.00725 e. The van der Waals surface area contributed by atoms with Gasteiger partial charge in [-0.15, -0.1) is 0 Å². The average molecular weight is 273 g/mol. The minimum atomic E-state index is 0.445. The summed E-state index contributed by atoms with van der Waals surface area (Å²) in [6, 6.07) is 9.60. The van der Waals surface area contributed by atoms with E-state index >= 15 is 0 Å². The van der Waals surface area contributed by atoms with Gasteiger partial charge < -0.3 is 5.32 Å². The maximum atomic E-state index is 3.55. The second-order valence-corrected chi connectivity index (χ2v) is 7.93. The Morgan fingerprint density at radius 3 is 2.55 bits per heavy atom. The molecule has 0 radical (unpaired) electrons. The quantitative estimate of drug-likeness (QED) is 0.787. The molecule has 3 atom stereocenters. The molecule has 0 bridgehead atoms. The lowest BCUT2D eigenvalue weighted by Gasteiger charge is -2.34. The molecule has 3 unspecified atom stereocenters. The molecular formula is C19H31N. The van der Waals surface area contributed by atoms with Gasteiger partial charge in [-0.05, 0) is 61.1 Å². The Hall–Kier alpha value is -0.820. The van der Waals surface area contributed by atoms with Crippen LogP contribution in [0.15, 0.2) is 24.3 Å². The second kappa shape index (κ2) is 6.30. The molecule has 1 nitrogen and oxygen atoms in total. The molecule has 1 aromatic carbocycles. The predicted octanol–water partition coefficient (Wildman–Crippen LogP) is 4.77. The number of nitrogens with one attached hydrogen (secondary N) is 1. The molecule has 0 saturated carbocycles. The van der Waals surface area contributed by atoms with E-state index in [1.165, 1.54) is 25.7 Å². The minimum Gasteiger partial charge on any atom is -0.317 e. The summed E-state index contributed by atoms with van der Waals surface area (Å²) in [6.45, 7) is 9.45. The summed E-state index contributed by atoms with van der Waals surface area (Å²) in [5, 5.41) is 3.55. The van der Waals surface area contributed by atoms with Gasteiger partial charge in [0.25, 0.3) is 0 Å². The minimum absolute atomic E-state index is 0.445. The third-order valence-corrected chi connectivity index (χ3v) is 4.59. The normalized spacial score (nSPS) is 20.9. The van der Waals surface area contributed by atoms with Gasteiger partial charge >= 0.3 is 0 Å². The van der Waals surface area contributed by atoms with Crippen LogP contribution in [0, 0.1) is 11.3 Å². The Bertz CT molecular complexity index is 430. The molecule has 2 rings (SSSR count). The number of hydrogen-bond acceptors (Lipinski definition) is 1. The Morgan fingerprint density at radius 2 is 1.95 bits per heavy atom. The Balaban J connectivity index is 1.85. The highest BCUT2D eigenvalue weighted by atomic mass is 14.9. The zero-order valence-corrected chi connectivity index (χ0v) is 13.9. The van der Waals surface area contributed by atoms with Crippen molar-refractivity contribution in [3.8, 4) is 0 Å². The summed E-state index contributed by atoms with van der Waals surface area (Å²) in [7, 11) is 2.12. The molecule has 0 fully saturated rings. The molecule has 1 aromatic rings. The molecule has 0 amide bonds. The van der Waals surface area contributed by atoms with Crippen LogP contribution in [0.1, 0.15) is 64.0 Å². The molecule has 0 heterocycles. The summed E-state index contributed by atoms with van der Waals surface area (Å²) < 4.78 is 0. The van der Waals surface area contributed by atoms with Gasteiger partial charge in [0.15, 0.2) is 0 Å². The van der Waals surface area contributed by atoms with Gasteiger partial charge in [0.1, 0.15) is 0 Å². The molecule has 112 valence electrons. The first-order valence-electron chi connectivity index (χ1n) is 8.14. The zero-order chi connectivity index (χ0) is 14.8. The fourth-order valence-electron chi connectivity index (χ4n) is 3.86. The van der Waals surface area contributed by atoms with Crippen LogP contribution in [0.25, 0.3) is 0 Å². The van der Waals surface area contributed by atoms with E-state index in [-0.39, 0.29) is 0 Å². The van der Waals surface area contributed by atoms with E-state index in [2.05, 4.69) is 64.3 Å². The van der Waals surface area contributed by atoms with Gasteiger partial charge in [-0.3, -0.25) is 0 Å². The molecule has 0 aliphatic heterocycles. The second-order valence-electron chi connectivity index (χ2n) is 7.93. The van der Waals surface area contributed by atoms with E-state index < -0.39 is 0 Å². The first-order chi connectivity index (χ1) is 9.39. The fourth-order valence-corrected chi connectivity index (χ4v) is 3.86. The van der Waals surface area contributed by atoms with Crippen LogP contribution >= 0.6 is 0 Å². The molecule has 0 spiro atoms. The maximum absolute atomic E-state index is 3.55. The molecule has 20 heavy (non-hydrogen) atoms.